The Morgan fingerprint density at radius 1 is 1.60 bits per heavy atom. The van der Waals surface area contributed by atoms with Crippen LogP contribution in [0.25, 0.3) is 0 Å². The summed E-state index contributed by atoms with van der Waals surface area (Å²) in [5, 5.41) is 4.24. The highest BCUT2D eigenvalue weighted by Gasteiger charge is 2.08. The summed E-state index contributed by atoms with van der Waals surface area (Å²) >= 11 is 4.65. The van der Waals surface area contributed by atoms with Crippen molar-refractivity contribution in [2.45, 2.75) is 0 Å². The van der Waals surface area contributed by atoms with E-state index in [0.29, 0.717) is 5.56 Å². The minimum Gasteiger partial charge on any atom is -0.351 e. The van der Waals surface area contributed by atoms with Gasteiger partial charge in [-0.3, -0.25) is 4.79 Å². The van der Waals surface area contributed by atoms with Crippen LogP contribution in [0.15, 0.2) is 15.2 Å². The smallest absolute Gasteiger partial charge is 0.252 e. The maximum absolute atomic E-state index is 11.4. The maximum atomic E-state index is 11.4. The first-order valence-corrected chi connectivity index (χ1v) is 7.82. The van der Waals surface area contributed by atoms with Crippen LogP contribution in [-0.2, 0) is 9.84 Å². The van der Waals surface area contributed by atoms with E-state index in [4.69, 9.17) is 0 Å². The number of carbonyl (C=O) groups is 1. The number of rotatable bonds is 4. The van der Waals surface area contributed by atoms with Gasteiger partial charge < -0.3 is 5.32 Å². The molecule has 7 heteroatoms. The molecule has 0 saturated carbocycles. The van der Waals surface area contributed by atoms with Crippen molar-refractivity contribution in [3.05, 3.63) is 20.8 Å². The summed E-state index contributed by atoms with van der Waals surface area (Å²) in [6.45, 7) is 0.144. The van der Waals surface area contributed by atoms with Crippen molar-refractivity contribution in [3.63, 3.8) is 0 Å². The van der Waals surface area contributed by atoms with Crippen LogP contribution in [0.4, 0.5) is 0 Å². The topological polar surface area (TPSA) is 63.2 Å². The second-order valence-electron chi connectivity index (χ2n) is 3.03. The van der Waals surface area contributed by atoms with Gasteiger partial charge in [-0.2, -0.15) is 0 Å². The number of halogens is 1. The second-order valence-corrected chi connectivity index (χ2v) is 7.58. The Morgan fingerprint density at radius 2 is 2.27 bits per heavy atom. The number of nitrogens with one attached hydrogen (secondary N) is 1. The van der Waals surface area contributed by atoms with E-state index in [0.717, 1.165) is 10.0 Å². The van der Waals surface area contributed by atoms with Gasteiger partial charge >= 0.3 is 0 Å². The zero-order valence-corrected chi connectivity index (χ0v) is 11.2. The average Bonchev–Trinajstić information content (AvgIpc) is 2.49. The Morgan fingerprint density at radius 3 is 2.73 bits per heavy atom. The van der Waals surface area contributed by atoms with Gasteiger partial charge in [-0.1, -0.05) is 0 Å². The number of hydrogen-bond donors (Lipinski definition) is 1. The molecule has 0 unspecified atom stereocenters. The van der Waals surface area contributed by atoms with Crippen molar-refractivity contribution in [2.24, 2.45) is 0 Å². The molecule has 0 saturated heterocycles. The molecule has 1 aromatic heterocycles. The van der Waals surface area contributed by atoms with Gasteiger partial charge in [0, 0.05) is 18.2 Å². The van der Waals surface area contributed by atoms with Gasteiger partial charge in [0.15, 0.2) is 0 Å². The molecule has 0 aliphatic carbocycles. The number of carbonyl (C=O) groups excluding carboxylic acids is 1. The van der Waals surface area contributed by atoms with E-state index in [-0.39, 0.29) is 18.2 Å². The zero-order chi connectivity index (χ0) is 11.5. The minimum absolute atomic E-state index is 0.0377. The van der Waals surface area contributed by atoms with E-state index in [2.05, 4.69) is 21.2 Å². The number of sulfone groups is 1. The molecule has 0 aromatic carbocycles. The Balaban J connectivity index is 2.44. The predicted octanol–water partition coefficient (Wildman–Crippen LogP) is 1.28. The molecule has 1 aromatic rings. The molecule has 1 amide bonds. The molecule has 0 aliphatic heterocycles. The monoisotopic (exact) mass is 311 g/mol. The lowest BCUT2D eigenvalue weighted by Crippen LogP contribution is -2.28. The number of thiophene rings is 1. The molecule has 0 bridgehead atoms. The maximum Gasteiger partial charge on any atom is 0.252 e. The summed E-state index contributed by atoms with van der Waals surface area (Å²) in [6, 6.07) is 1.69. The van der Waals surface area contributed by atoms with Crippen LogP contribution in [0.1, 0.15) is 10.4 Å². The first-order valence-electron chi connectivity index (χ1n) is 4.08. The van der Waals surface area contributed by atoms with E-state index in [9.17, 15) is 13.2 Å². The first-order chi connectivity index (χ1) is 6.88. The van der Waals surface area contributed by atoms with Crippen LogP contribution in [0.3, 0.4) is 0 Å². The Hall–Kier alpha value is -0.400. The van der Waals surface area contributed by atoms with Crippen molar-refractivity contribution in [3.8, 4) is 0 Å². The van der Waals surface area contributed by atoms with Gasteiger partial charge in [-0.25, -0.2) is 8.42 Å². The number of hydrogen-bond acceptors (Lipinski definition) is 4. The molecule has 1 rings (SSSR count). The van der Waals surface area contributed by atoms with Crippen LogP contribution in [-0.4, -0.2) is 32.9 Å². The molecule has 0 radical (unpaired) electrons. The lowest BCUT2D eigenvalue weighted by Gasteiger charge is -2.01. The Kier molecular flexibility index (Phi) is 4.30. The molecular formula is C8H10BrNO3S2. The van der Waals surface area contributed by atoms with E-state index >= 15 is 0 Å². The fraction of sp³-hybridized carbons (Fsp3) is 0.375. The lowest BCUT2D eigenvalue weighted by atomic mass is 10.3. The summed E-state index contributed by atoms with van der Waals surface area (Å²) < 4.78 is 22.5. The Bertz CT molecular complexity index is 452. The van der Waals surface area contributed by atoms with Crippen molar-refractivity contribution >= 4 is 43.0 Å². The molecule has 1 heterocycles. The molecule has 0 atom stereocenters. The van der Waals surface area contributed by atoms with Gasteiger partial charge in [0.25, 0.3) is 5.91 Å². The van der Waals surface area contributed by atoms with Crippen LogP contribution in [0.2, 0.25) is 0 Å². The van der Waals surface area contributed by atoms with Crippen molar-refractivity contribution in [1.82, 2.24) is 5.32 Å². The Labute approximate surface area is 101 Å². The molecule has 0 fully saturated rings. The molecule has 84 valence electrons. The van der Waals surface area contributed by atoms with Crippen molar-refractivity contribution < 1.29 is 13.2 Å². The van der Waals surface area contributed by atoms with Crippen LogP contribution < -0.4 is 5.32 Å². The molecule has 0 spiro atoms. The van der Waals surface area contributed by atoms with Crippen molar-refractivity contribution in [2.75, 3.05) is 18.6 Å². The van der Waals surface area contributed by atoms with Crippen LogP contribution in [0.5, 0.6) is 0 Å². The molecule has 15 heavy (non-hydrogen) atoms. The molecule has 1 N–H and O–H groups in total. The van der Waals surface area contributed by atoms with E-state index in [1.54, 1.807) is 11.4 Å². The second kappa shape index (κ2) is 5.09. The standard InChI is InChI=1S/C8H10BrNO3S2/c1-15(12,13)3-2-10-8(11)6-4-7(9)14-5-6/h4-5H,2-3H2,1H3,(H,10,11). The highest BCUT2D eigenvalue weighted by molar-refractivity contribution is 9.11. The summed E-state index contributed by atoms with van der Waals surface area (Å²) in [6.07, 6.45) is 1.14. The SMILES string of the molecule is CS(=O)(=O)CCNC(=O)c1csc(Br)c1. The third-order valence-electron chi connectivity index (χ3n) is 1.59. The summed E-state index contributed by atoms with van der Waals surface area (Å²) in [7, 11) is -3.02. The third kappa shape index (κ3) is 4.76. The first kappa shape index (κ1) is 12.7. The third-order valence-corrected chi connectivity index (χ3v) is 4.04. The average molecular weight is 312 g/mol. The number of amides is 1. The van der Waals surface area contributed by atoms with Gasteiger partial charge in [-0.05, 0) is 22.0 Å². The quantitative estimate of drug-likeness (QED) is 0.911. The highest BCUT2D eigenvalue weighted by atomic mass is 79.9. The normalized spacial score (nSPS) is 11.3. The highest BCUT2D eigenvalue weighted by Crippen LogP contribution is 2.20. The summed E-state index contributed by atoms with van der Waals surface area (Å²) in [5.74, 6) is -0.287. The fourth-order valence-electron chi connectivity index (χ4n) is 0.881. The van der Waals surface area contributed by atoms with Gasteiger partial charge in [-0.15, -0.1) is 11.3 Å². The molecule has 4 nitrogen and oxygen atoms in total. The van der Waals surface area contributed by atoms with E-state index < -0.39 is 9.84 Å². The fourth-order valence-corrected chi connectivity index (χ4v) is 2.49. The predicted molar refractivity (Wildman–Crippen MR) is 64.1 cm³/mol. The summed E-state index contributed by atoms with van der Waals surface area (Å²) in [4.78, 5) is 11.4. The van der Waals surface area contributed by atoms with E-state index in [1.807, 2.05) is 0 Å². The van der Waals surface area contributed by atoms with Gasteiger partial charge in [0.1, 0.15) is 9.84 Å². The van der Waals surface area contributed by atoms with Crippen LogP contribution >= 0.6 is 27.3 Å². The lowest BCUT2D eigenvalue weighted by molar-refractivity contribution is 0.0956. The van der Waals surface area contributed by atoms with E-state index in [1.165, 1.54) is 11.3 Å². The van der Waals surface area contributed by atoms with Crippen LogP contribution in [0, 0.1) is 0 Å². The largest absolute Gasteiger partial charge is 0.351 e. The molecule has 0 aliphatic rings. The van der Waals surface area contributed by atoms with Gasteiger partial charge in [0.2, 0.25) is 0 Å². The van der Waals surface area contributed by atoms with Gasteiger partial charge in [0.05, 0.1) is 15.1 Å². The minimum atomic E-state index is -3.02. The van der Waals surface area contributed by atoms with Crippen molar-refractivity contribution in [1.29, 1.82) is 0 Å². The zero-order valence-electron chi connectivity index (χ0n) is 7.99. The summed E-state index contributed by atoms with van der Waals surface area (Å²) in [5.41, 5.74) is 0.542. The molecular weight excluding hydrogens is 302 g/mol.